The molecule has 2 aromatic carbocycles. The minimum absolute atomic E-state index is 0.184. The molecule has 0 fully saturated rings. The number of nitrogens with one attached hydrogen (secondary N) is 1. The predicted molar refractivity (Wildman–Crippen MR) is 100 cm³/mol. The summed E-state index contributed by atoms with van der Waals surface area (Å²) in [7, 11) is 1.90. The molecular weight excluding hydrogens is 350 g/mol. The molecule has 1 heterocycles. The molecule has 3 rings (SSSR count). The summed E-state index contributed by atoms with van der Waals surface area (Å²) in [5.41, 5.74) is 4.87. The minimum Gasteiger partial charge on any atom is -0.508 e. The van der Waals surface area contributed by atoms with Gasteiger partial charge in [-0.15, -0.1) is 10.2 Å². The van der Waals surface area contributed by atoms with Crippen molar-refractivity contribution in [3.63, 3.8) is 0 Å². The molecule has 0 bridgehead atoms. The number of amides is 1. The van der Waals surface area contributed by atoms with Gasteiger partial charge in [-0.05, 0) is 47.5 Å². The minimum atomic E-state index is -0.285. The maximum absolute atomic E-state index is 12.1. The molecule has 26 heavy (non-hydrogen) atoms. The van der Waals surface area contributed by atoms with Crippen molar-refractivity contribution in [1.29, 1.82) is 0 Å². The van der Waals surface area contributed by atoms with E-state index in [0.717, 1.165) is 22.0 Å². The van der Waals surface area contributed by atoms with Gasteiger partial charge in [0.1, 0.15) is 12.1 Å². The molecule has 2 N–H and O–H groups in total. The first-order valence-electron chi connectivity index (χ1n) is 7.80. The monoisotopic (exact) mass is 367 g/mol. The van der Waals surface area contributed by atoms with E-state index in [1.165, 1.54) is 6.21 Å². The number of aromatic hydroxyl groups is 1. The van der Waals surface area contributed by atoms with Crippen LogP contribution in [0.1, 0.15) is 21.5 Å². The molecule has 8 heteroatoms. The highest BCUT2D eigenvalue weighted by atomic mass is 32.2. The fourth-order valence-electron chi connectivity index (χ4n) is 2.09. The van der Waals surface area contributed by atoms with E-state index in [4.69, 9.17) is 0 Å². The van der Waals surface area contributed by atoms with Crippen LogP contribution in [0.5, 0.6) is 5.75 Å². The summed E-state index contributed by atoms with van der Waals surface area (Å²) in [4.78, 5) is 12.1. The van der Waals surface area contributed by atoms with E-state index in [2.05, 4.69) is 20.7 Å². The Morgan fingerprint density at radius 3 is 2.62 bits per heavy atom. The molecule has 0 saturated carbocycles. The van der Waals surface area contributed by atoms with Crippen LogP contribution >= 0.6 is 11.8 Å². The summed E-state index contributed by atoms with van der Waals surface area (Å²) >= 11 is 1.58. The van der Waals surface area contributed by atoms with Crippen molar-refractivity contribution in [2.24, 2.45) is 12.1 Å². The lowest BCUT2D eigenvalue weighted by molar-refractivity contribution is 0.0955. The Morgan fingerprint density at radius 1 is 1.23 bits per heavy atom. The highest BCUT2D eigenvalue weighted by Gasteiger charge is 2.06. The van der Waals surface area contributed by atoms with Crippen LogP contribution in [0.15, 0.2) is 65.1 Å². The van der Waals surface area contributed by atoms with E-state index in [9.17, 15) is 9.90 Å². The van der Waals surface area contributed by atoms with Gasteiger partial charge in [0.15, 0.2) is 5.16 Å². The number of aromatic nitrogens is 3. The van der Waals surface area contributed by atoms with Gasteiger partial charge < -0.3 is 9.67 Å². The Hall–Kier alpha value is -3.13. The van der Waals surface area contributed by atoms with Gasteiger partial charge in [-0.3, -0.25) is 4.79 Å². The number of hydrogen-bond acceptors (Lipinski definition) is 6. The average Bonchev–Trinajstić information content (AvgIpc) is 3.07. The second-order valence-electron chi connectivity index (χ2n) is 5.50. The first-order chi connectivity index (χ1) is 12.6. The van der Waals surface area contributed by atoms with Crippen molar-refractivity contribution < 1.29 is 9.90 Å². The first kappa shape index (κ1) is 17.7. The highest BCUT2D eigenvalue weighted by Crippen LogP contribution is 2.20. The van der Waals surface area contributed by atoms with Crippen LogP contribution in [-0.4, -0.2) is 32.0 Å². The van der Waals surface area contributed by atoms with Crippen molar-refractivity contribution >= 4 is 23.9 Å². The maximum atomic E-state index is 12.1. The van der Waals surface area contributed by atoms with Crippen LogP contribution in [0.25, 0.3) is 0 Å². The molecule has 0 saturated heterocycles. The molecular formula is C18H17N5O2S. The van der Waals surface area contributed by atoms with Crippen LogP contribution in [0.2, 0.25) is 0 Å². The molecule has 3 aromatic rings. The van der Waals surface area contributed by atoms with Crippen LogP contribution in [0, 0.1) is 0 Å². The number of carbonyl (C=O) groups excluding carboxylic acids is 1. The van der Waals surface area contributed by atoms with Crippen molar-refractivity contribution in [2.75, 3.05) is 0 Å². The lowest BCUT2D eigenvalue weighted by atomic mass is 10.1. The Balaban J connectivity index is 1.53. The molecule has 7 nitrogen and oxygen atoms in total. The Labute approximate surface area is 154 Å². The van der Waals surface area contributed by atoms with Gasteiger partial charge in [0.05, 0.1) is 6.21 Å². The number of phenolic OH excluding ortho intramolecular Hbond substituents is 1. The number of nitrogens with zero attached hydrogens (tertiary/aromatic N) is 4. The van der Waals surface area contributed by atoms with Crippen LogP contribution in [-0.2, 0) is 12.8 Å². The molecule has 0 radical (unpaired) electrons. The van der Waals surface area contributed by atoms with Gasteiger partial charge in [-0.2, -0.15) is 5.10 Å². The van der Waals surface area contributed by atoms with Crippen molar-refractivity contribution in [1.82, 2.24) is 20.2 Å². The fraction of sp³-hybridized carbons (Fsp3) is 0.111. The van der Waals surface area contributed by atoms with Gasteiger partial charge in [0.25, 0.3) is 5.91 Å². The summed E-state index contributed by atoms with van der Waals surface area (Å²) in [6.07, 6.45) is 3.18. The maximum Gasteiger partial charge on any atom is 0.271 e. The largest absolute Gasteiger partial charge is 0.508 e. The summed E-state index contributed by atoms with van der Waals surface area (Å²) in [5.74, 6) is 0.643. The zero-order chi connectivity index (χ0) is 18.4. The summed E-state index contributed by atoms with van der Waals surface area (Å²) < 4.78 is 1.86. The lowest BCUT2D eigenvalue weighted by Gasteiger charge is -2.03. The number of benzene rings is 2. The smallest absolute Gasteiger partial charge is 0.271 e. The van der Waals surface area contributed by atoms with Gasteiger partial charge in [-0.25, -0.2) is 5.43 Å². The third kappa shape index (κ3) is 4.70. The topological polar surface area (TPSA) is 92.4 Å². The quantitative estimate of drug-likeness (QED) is 0.397. The number of aryl methyl sites for hydroxylation is 1. The lowest BCUT2D eigenvalue weighted by Crippen LogP contribution is -2.17. The molecule has 0 spiro atoms. The van der Waals surface area contributed by atoms with Crippen LogP contribution in [0.3, 0.4) is 0 Å². The zero-order valence-electron chi connectivity index (χ0n) is 14.0. The van der Waals surface area contributed by atoms with E-state index >= 15 is 0 Å². The SMILES string of the molecule is Cn1cnnc1SCc1ccc(C(=O)N/N=C/c2ccc(O)cc2)cc1. The van der Waals surface area contributed by atoms with Gasteiger partial charge in [-0.1, -0.05) is 23.9 Å². The number of hydrogen-bond donors (Lipinski definition) is 2. The van der Waals surface area contributed by atoms with Crippen molar-refractivity contribution in [3.8, 4) is 5.75 Å². The Kier molecular flexibility index (Phi) is 5.65. The van der Waals surface area contributed by atoms with E-state index in [1.807, 2.05) is 23.7 Å². The number of thioether (sulfide) groups is 1. The average molecular weight is 367 g/mol. The number of hydrazone groups is 1. The number of carbonyl (C=O) groups is 1. The van der Waals surface area contributed by atoms with E-state index < -0.39 is 0 Å². The van der Waals surface area contributed by atoms with Crippen molar-refractivity contribution in [2.45, 2.75) is 10.9 Å². The molecule has 0 atom stereocenters. The van der Waals surface area contributed by atoms with E-state index in [-0.39, 0.29) is 11.7 Å². The van der Waals surface area contributed by atoms with Crippen LogP contribution < -0.4 is 5.43 Å². The highest BCUT2D eigenvalue weighted by molar-refractivity contribution is 7.98. The third-order valence-electron chi connectivity index (χ3n) is 3.53. The molecule has 132 valence electrons. The van der Waals surface area contributed by atoms with Gasteiger partial charge in [0, 0.05) is 18.4 Å². The first-order valence-corrected chi connectivity index (χ1v) is 8.78. The second-order valence-corrected chi connectivity index (χ2v) is 6.44. The number of rotatable bonds is 6. The normalized spacial score (nSPS) is 11.0. The molecule has 0 aliphatic heterocycles. The Bertz CT molecular complexity index is 904. The Morgan fingerprint density at radius 2 is 1.96 bits per heavy atom. The van der Waals surface area contributed by atoms with Crippen molar-refractivity contribution in [3.05, 3.63) is 71.5 Å². The van der Waals surface area contributed by atoms with Gasteiger partial charge >= 0.3 is 0 Å². The summed E-state index contributed by atoms with van der Waals surface area (Å²) in [6, 6.07) is 13.9. The fourth-order valence-corrected chi connectivity index (χ4v) is 2.94. The third-order valence-corrected chi connectivity index (χ3v) is 4.63. The molecule has 0 aliphatic carbocycles. The predicted octanol–water partition coefficient (Wildman–Crippen LogP) is 2.58. The molecule has 0 aliphatic rings. The molecule has 1 aromatic heterocycles. The van der Waals surface area contributed by atoms with Gasteiger partial charge in [0.2, 0.25) is 0 Å². The molecule has 1 amide bonds. The second kappa shape index (κ2) is 8.30. The summed E-state index contributed by atoms with van der Waals surface area (Å²) in [5, 5.41) is 21.8. The zero-order valence-corrected chi connectivity index (χ0v) is 14.8. The summed E-state index contributed by atoms with van der Waals surface area (Å²) in [6.45, 7) is 0. The number of phenols is 1. The van der Waals surface area contributed by atoms with Crippen LogP contribution in [0.4, 0.5) is 0 Å². The van der Waals surface area contributed by atoms with E-state index in [1.54, 1.807) is 54.5 Å². The molecule has 0 unspecified atom stereocenters. The van der Waals surface area contributed by atoms with E-state index in [0.29, 0.717) is 5.56 Å². The standard InChI is InChI=1S/C18H17N5O2S/c1-23-12-20-22-18(23)26-11-14-2-6-15(7-3-14)17(25)21-19-10-13-4-8-16(24)9-5-13/h2-10,12,24H,11H2,1H3,(H,21,25)/b19-10+.